The molecule has 1 aromatic carbocycles. The molecule has 0 amide bonds. The molecule has 0 bridgehead atoms. The number of hydrogen-bond donors (Lipinski definition) is 1. The Bertz CT molecular complexity index is 345. The molecule has 4 heteroatoms. The first-order valence-corrected chi connectivity index (χ1v) is 4.48. The average molecular weight is 215 g/mol. The zero-order valence-corrected chi connectivity index (χ0v) is 8.31. The molecule has 15 heavy (non-hydrogen) atoms. The Morgan fingerprint density at radius 2 is 1.80 bits per heavy atom. The molecule has 0 aliphatic carbocycles. The van der Waals surface area contributed by atoms with Crippen LogP contribution in [0.25, 0.3) is 0 Å². The quantitative estimate of drug-likeness (QED) is 0.805. The number of benzene rings is 1. The number of allylic oxidation sites excluding steroid dienone is 2. The van der Waals surface area contributed by atoms with Gasteiger partial charge in [-0.3, -0.25) is 0 Å². The highest BCUT2D eigenvalue weighted by atomic mass is 19.4. The van der Waals surface area contributed by atoms with Crippen molar-refractivity contribution in [2.75, 3.05) is 0 Å². The highest BCUT2D eigenvalue weighted by molar-refractivity contribution is 5.26. The van der Waals surface area contributed by atoms with E-state index >= 15 is 0 Å². The van der Waals surface area contributed by atoms with Crippen molar-refractivity contribution < 1.29 is 13.2 Å². The van der Waals surface area contributed by atoms with Crippen LogP contribution in [0.4, 0.5) is 13.2 Å². The van der Waals surface area contributed by atoms with E-state index in [1.807, 2.05) is 0 Å². The second kappa shape index (κ2) is 4.38. The second-order valence-corrected chi connectivity index (χ2v) is 3.35. The summed E-state index contributed by atoms with van der Waals surface area (Å²) in [5, 5.41) is 0. The van der Waals surface area contributed by atoms with Crippen LogP contribution in [0.1, 0.15) is 18.1 Å². The summed E-state index contributed by atoms with van der Waals surface area (Å²) in [6.07, 6.45) is -1.94. The Labute approximate surface area is 86.4 Å². The van der Waals surface area contributed by atoms with Crippen molar-refractivity contribution in [3.05, 3.63) is 47.2 Å². The molecule has 0 aliphatic heterocycles. The van der Waals surface area contributed by atoms with E-state index in [0.29, 0.717) is 12.1 Å². The van der Waals surface area contributed by atoms with Gasteiger partial charge in [-0.2, -0.15) is 13.2 Å². The zero-order chi connectivity index (χ0) is 11.5. The first-order chi connectivity index (χ1) is 6.89. The standard InChI is InChI=1S/C11H12F3N/c1-8(15)2-3-9-4-6-10(7-5-9)11(12,13)14/h2,4-7H,3,15H2,1H3. The minimum atomic E-state index is -4.27. The molecule has 2 N–H and O–H groups in total. The van der Waals surface area contributed by atoms with Gasteiger partial charge in [-0.25, -0.2) is 0 Å². The van der Waals surface area contributed by atoms with Gasteiger partial charge in [-0.05, 0) is 31.0 Å². The van der Waals surface area contributed by atoms with E-state index in [1.165, 1.54) is 12.1 Å². The lowest BCUT2D eigenvalue weighted by molar-refractivity contribution is -0.137. The Morgan fingerprint density at radius 3 is 2.20 bits per heavy atom. The molecular weight excluding hydrogens is 203 g/mol. The highest BCUT2D eigenvalue weighted by Gasteiger charge is 2.29. The van der Waals surface area contributed by atoms with Crippen LogP contribution in [-0.4, -0.2) is 0 Å². The number of alkyl halides is 3. The molecule has 0 unspecified atom stereocenters. The normalized spacial score (nSPS) is 12.9. The average Bonchev–Trinajstić information content (AvgIpc) is 2.14. The van der Waals surface area contributed by atoms with Crippen LogP contribution in [0.15, 0.2) is 36.0 Å². The first-order valence-electron chi connectivity index (χ1n) is 4.48. The van der Waals surface area contributed by atoms with E-state index in [2.05, 4.69) is 0 Å². The van der Waals surface area contributed by atoms with Crippen molar-refractivity contribution in [2.45, 2.75) is 19.5 Å². The summed E-state index contributed by atoms with van der Waals surface area (Å²) < 4.78 is 36.6. The van der Waals surface area contributed by atoms with Gasteiger partial charge in [0.25, 0.3) is 0 Å². The molecule has 0 saturated heterocycles. The van der Waals surface area contributed by atoms with Crippen molar-refractivity contribution >= 4 is 0 Å². The third-order valence-electron chi connectivity index (χ3n) is 1.94. The van der Waals surface area contributed by atoms with Crippen molar-refractivity contribution in [1.82, 2.24) is 0 Å². The Morgan fingerprint density at radius 1 is 1.27 bits per heavy atom. The van der Waals surface area contributed by atoms with Crippen LogP contribution in [0.2, 0.25) is 0 Å². The zero-order valence-electron chi connectivity index (χ0n) is 8.31. The number of nitrogens with two attached hydrogens (primary N) is 1. The summed E-state index contributed by atoms with van der Waals surface area (Å²) >= 11 is 0. The van der Waals surface area contributed by atoms with Crippen molar-refractivity contribution in [1.29, 1.82) is 0 Å². The molecule has 1 nitrogen and oxygen atoms in total. The third kappa shape index (κ3) is 3.65. The summed E-state index contributed by atoms with van der Waals surface area (Å²) in [4.78, 5) is 0. The van der Waals surface area contributed by atoms with Crippen molar-refractivity contribution in [2.24, 2.45) is 5.73 Å². The topological polar surface area (TPSA) is 26.0 Å². The predicted octanol–water partition coefficient (Wildman–Crippen LogP) is 3.11. The summed E-state index contributed by atoms with van der Waals surface area (Å²) in [6.45, 7) is 1.74. The van der Waals surface area contributed by atoms with Gasteiger partial charge >= 0.3 is 6.18 Å². The van der Waals surface area contributed by atoms with Gasteiger partial charge < -0.3 is 5.73 Å². The van der Waals surface area contributed by atoms with E-state index in [9.17, 15) is 13.2 Å². The van der Waals surface area contributed by atoms with Crippen molar-refractivity contribution in [3.63, 3.8) is 0 Å². The van der Waals surface area contributed by atoms with E-state index in [-0.39, 0.29) is 0 Å². The maximum absolute atomic E-state index is 12.2. The minimum absolute atomic E-state index is 0.556. The van der Waals surface area contributed by atoms with E-state index < -0.39 is 11.7 Å². The van der Waals surface area contributed by atoms with Crippen LogP contribution >= 0.6 is 0 Å². The Kier molecular flexibility index (Phi) is 3.39. The summed E-state index contributed by atoms with van der Waals surface area (Å²) in [5.74, 6) is 0. The fourth-order valence-corrected chi connectivity index (χ4v) is 1.11. The molecule has 1 aromatic rings. The van der Waals surface area contributed by atoms with Gasteiger partial charge in [-0.1, -0.05) is 18.2 Å². The molecule has 82 valence electrons. The monoisotopic (exact) mass is 215 g/mol. The Hall–Kier alpha value is -1.45. The van der Waals surface area contributed by atoms with E-state index in [0.717, 1.165) is 17.7 Å². The smallest absolute Gasteiger partial charge is 0.403 e. The molecule has 0 aliphatic rings. The summed E-state index contributed by atoms with van der Waals surface area (Å²) in [5.41, 5.74) is 6.27. The second-order valence-electron chi connectivity index (χ2n) is 3.35. The molecule has 0 saturated carbocycles. The summed E-state index contributed by atoms with van der Waals surface area (Å²) in [7, 11) is 0. The third-order valence-corrected chi connectivity index (χ3v) is 1.94. The molecular formula is C11H12F3N. The highest BCUT2D eigenvalue weighted by Crippen LogP contribution is 2.29. The van der Waals surface area contributed by atoms with Gasteiger partial charge in [0.15, 0.2) is 0 Å². The lowest BCUT2D eigenvalue weighted by Crippen LogP contribution is -2.04. The van der Waals surface area contributed by atoms with Crippen LogP contribution in [0.3, 0.4) is 0 Å². The number of halogens is 3. The molecule has 0 aromatic heterocycles. The lowest BCUT2D eigenvalue weighted by atomic mass is 10.1. The molecule has 0 atom stereocenters. The maximum atomic E-state index is 12.2. The number of rotatable bonds is 2. The van der Waals surface area contributed by atoms with Gasteiger partial charge in [0.2, 0.25) is 0 Å². The van der Waals surface area contributed by atoms with Crippen LogP contribution in [-0.2, 0) is 12.6 Å². The molecule has 0 heterocycles. The van der Waals surface area contributed by atoms with Gasteiger partial charge in [0.05, 0.1) is 5.56 Å². The fourth-order valence-electron chi connectivity index (χ4n) is 1.11. The van der Waals surface area contributed by atoms with E-state index in [1.54, 1.807) is 13.0 Å². The lowest BCUT2D eigenvalue weighted by Gasteiger charge is -2.06. The van der Waals surface area contributed by atoms with Crippen LogP contribution < -0.4 is 5.73 Å². The van der Waals surface area contributed by atoms with Gasteiger partial charge in [0, 0.05) is 5.70 Å². The summed E-state index contributed by atoms with van der Waals surface area (Å²) in [6, 6.07) is 5.08. The van der Waals surface area contributed by atoms with E-state index in [4.69, 9.17) is 5.73 Å². The molecule has 1 rings (SSSR count). The largest absolute Gasteiger partial charge is 0.416 e. The van der Waals surface area contributed by atoms with Gasteiger partial charge in [0.1, 0.15) is 0 Å². The van der Waals surface area contributed by atoms with Gasteiger partial charge in [-0.15, -0.1) is 0 Å². The first kappa shape index (κ1) is 11.6. The van der Waals surface area contributed by atoms with Crippen molar-refractivity contribution in [3.8, 4) is 0 Å². The SMILES string of the molecule is CC(N)=CCc1ccc(C(F)(F)F)cc1. The molecule has 0 fully saturated rings. The molecule has 0 spiro atoms. The molecule has 0 radical (unpaired) electrons. The maximum Gasteiger partial charge on any atom is 0.416 e. The fraction of sp³-hybridized carbons (Fsp3) is 0.273. The Balaban J connectivity index is 2.77. The van der Waals surface area contributed by atoms with Crippen LogP contribution in [0, 0.1) is 0 Å². The predicted molar refractivity (Wildman–Crippen MR) is 53.1 cm³/mol. The number of hydrogen-bond acceptors (Lipinski definition) is 1. The van der Waals surface area contributed by atoms with Crippen LogP contribution in [0.5, 0.6) is 0 Å². The minimum Gasteiger partial charge on any atom is -0.403 e.